The van der Waals surface area contributed by atoms with E-state index in [2.05, 4.69) is 12.2 Å². The first-order chi connectivity index (χ1) is 8.15. The highest BCUT2D eigenvalue weighted by Gasteiger charge is 2.36. The van der Waals surface area contributed by atoms with Crippen LogP contribution < -0.4 is 5.32 Å². The van der Waals surface area contributed by atoms with Crippen molar-refractivity contribution in [2.75, 3.05) is 0 Å². The molecule has 1 amide bonds. The number of carbonyl (C=O) groups excluding carboxylic acids is 2. The molecule has 0 heterocycles. The molecule has 0 saturated heterocycles. The van der Waals surface area contributed by atoms with Crippen molar-refractivity contribution in [3.8, 4) is 0 Å². The minimum absolute atomic E-state index is 0.454. The van der Waals surface area contributed by atoms with Gasteiger partial charge in [0.05, 0.1) is 5.54 Å². The quantitative estimate of drug-likeness (QED) is 0.768. The summed E-state index contributed by atoms with van der Waals surface area (Å²) >= 11 is 0. The second kappa shape index (κ2) is 5.29. The highest BCUT2D eigenvalue weighted by molar-refractivity contribution is 5.76. The second-order valence-electron chi connectivity index (χ2n) is 6.68. The van der Waals surface area contributed by atoms with Crippen molar-refractivity contribution in [2.45, 2.75) is 65.0 Å². The smallest absolute Gasteiger partial charge is 0.408 e. The van der Waals surface area contributed by atoms with E-state index in [4.69, 9.17) is 4.74 Å². The van der Waals surface area contributed by atoms with Gasteiger partial charge in [-0.15, -0.1) is 0 Å². The van der Waals surface area contributed by atoms with Crippen LogP contribution in [0.2, 0.25) is 0 Å². The summed E-state index contributed by atoms with van der Waals surface area (Å²) in [5.41, 5.74) is -1.37. The molecule has 0 radical (unpaired) electrons. The minimum atomic E-state index is -0.829. The topological polar surface area (TPSA) is 55.4 Å². The fraction of sp³-hybridized carbons (Fsp3) is 0.857. The molecule has 1 aliphatic rings. The van der Waals surface area contributed by atoms with Crippen molar-refractivity contribution in [3.63, 3.8) is 0 Å². The Balaban J connectivity index is 2.52. The first-order valence-corrected chi connectivity index (χ1v) is 6.63. The minimum Gasteiger partial charge on any atom is -0.444 e. The zero-order valence-electron chi connectivity index (χ0n) is 12.1. The van der Waals surface area contributed by atoms with Gasteiger partial charge in [0.15, 0.2) is 0 Å². The number of hydrogen-bond acceptors (Lipinski definition) is 3. The van der Waals surface area contributed by atoms with Crippen LogP contribution in [0, 0.1) is 11.8 Å². The van der Waals surface area contributed by atoms with E-state index < -0.39 is 17.2 Å². The molecule has 104 valence electrons. The molecule has 2 unspecified atom stereocenters. The summed E-state index contributed by atoms with van der Waals surface area (Å²) in [6, 6.07) is 0. The Morgan fingerprint density at radius 3 is 2.33 bits per heavy atom. The Morgan fingerprint density at radius 2 is 1.94 bits per heavy atom. The van der Waals surface area contributed by atoms with Gasteiger partial charge in [-0.2, -0.15) is 0 Å². The Hall–Kier alpha value is -1.06. The van der Waals surface area contributed by atoms with Gasteiger partial charge in [-0.25, -0.2) is 4.79 Å². The third-order valence-corrected chi connectivity index (χ3v) is 3.22. The summed E-state index contributed by atoms with van der Waals surface area (Å²) in [7, 11) is 0. The maximum absolute atomic E-state index is 11.7. The van der Waals surface area contributed by atoms with Crippen LogP contribution in [0.4, 0.5) is 4.79 Å². The SMILES string of the molecule is CC(CC(C)(C=O)NC(=O)OC(C)(C)C)C1CC1. The molecule has 1 fully saturated rings. The number of aldehydes is 1. The molecular weight excluding hydrogens is 230 g/mol. The lowest BCUT2D eigenvalue weighted by atomic mass is 9.88. The number of alkyl carbamates (subject to hydrolysis) is 1. The number of rotatable bonds is 5. The molecule has 0 bridgehead atoms. The molecule has 4 heteroatoms. The molecular formula is C14H25NO3. The summed E-state index contributed by atoms with van der Waals surface area (Å²) in [5, 5.41) is 2.68. The third-order valence-electron chi connectivity index (χ3n) is 3.22. The highest BCUT2D eigenvalue weighted by atomic mass is 16.6. The van der Waals surface area contributed by atoms with Gasteiger partial charge >= 0.3 is 6.09 Å². The van der Waals surface area contributed by atoms with Gasteiger partial charge < -0.3 is 14.8 Å². The Morgan fingerprint density at radius 1 is 1.39 bits per heavy atom. The van der Waals surface area contributed by atoms with Crippen LogP contribution in [0.1, 0.15) is 53.9 Å². The molecule has 0 aliphatic heterocycles. The van der Waals surface area contributed by atoms with Crippen LogP contribution in [0.15, 0.2) is 0 Å². The molecule has 1 rings (SSSR count). The van der Waals surface area contributed by atoms with Gasteiger partial charge in [-0.3, -0.25) is 0 Å². The van der Waals surface area contributed by atoms with E-state index in [-0.39, 0.29) is 0 Å². The molecule has 0 aromatic carbocycles. The molecule has 18 heavy (non-hydrogen) atoms. The zero-order chi connectivity index (χ0) is 14.0. The average molecular weight is 255 g/mol. The lowest BCUT2D eigenvalue weighted by Gasteiger charge is -2.29. The van der Waals surface area contributed by atoms with Crippen molar-refractivity contribution in [2.24, 2.45) is 11.8 Å². The summed E-state index contributed by atoms with van der Waals surface area (Å²) in [6.07, 6.45) is 3.43. The van der Waals surface area contributed by atoms with Crippen molar-refractivity contribution in [1.29, 1.82) is 0 Å². The highest BCUT2D eigenvalue weighted by Crippen LogP contribution is 2.39. The Kier molecular flexibility index (Phi) is 4.41. The zero-order valence-corrected chi connectivity index (χ0v) is 12.1. The van der Waals surface area contributed by atoms with E-state index in [1.54, 1.807) is 27.7 Å². The number of ether oxygens (including phenoxy) is 1. The predicted octanol–water partition coefficient (Wildman–Crippen LogP) is 2.90. The molecule has 1 saturated carbocycles. The fourth-order valence-corrected chi connectivity index (χ4v) is 2.17. The summed E-state index contributed by atoms with van der Waals surface area (Å²) in [6.45, 7) is 9.30. The summed E-state index contributed by atoms with van der Waals surface area (Å²) in [4.78, 5) is 22.9. The van der Waals surface area contributed by atoms with Gasteiger partial charge in [0.1, 0.15) is 11.9 Å². The molecule has 1 aliphatic carbocycles. The van der Waals surface area contributed by atoms with Crippen molar-refractivity contribution in [3.05, 3.63) is 0 Å². The molecule has 4 nitrogen and oxygen atoms in total. The predicted molar refractivity (Wildman–Crippen MR) is 70.3 cm³/mol. The second-order valence-corrected chi connectivity index (χ2v) is 6.68. The van der Waals surface area contributed by atoms with E-state index in [1.165, 1.54) is 12.8 Å². The van der Waals surface area contributed by atoms with Gasteiger partial charge in [-0.05, 0) is 58.8 Å². The van der Waals surface area contributed by atoms with Gasteiger partial charge in [0.2, 0.25) is 0 Å². The standard InChI is InChI=1S/C14H25NO3/c1-10(11-6-7-11)8-14(5,9-16)15-12(17)18-13(2,3)4/h9-11H,6-8H2,1-5H3,(H,15,17). The van der Waals surface area contributed by atoms with E-state index in [0.717, 1.165) is 6.29 Å². The average Bonchev–Trinajstić information content (AvgIpc) is 2.96. The van der Waals surface area contributed by atoms with E-state index in [1.807, 2.05) is 0 Å². The number of nitrogens with one attached hydrogen (secondary N) is 1. The molecule has 0 aromatic heterocycles. The fourth-order valence-electron chi connectivity index (χ4n) is 2.17. The Labute approximate surface area is 109 Å². The van der Waals surface area contributed by atoms with Crippen LogP contribution in [0.3, 0.4) is 0 Å². The third kappa shape index (κ3) is 5.07. The maximum Gasteiger partial charge on any atom is 0.408 e. The van der Waals surface area contributed by atoms with Crippen molar-refractivity contribution >= 4 is 12.4 Å². The monoisotopic (exact) mass is 255 g/mol. The van der Waals surface area contributed by atoms with E-state index in [0.29, 0.717) is 18.3 Å². The normalized spacial score (nSPS) is 20.7. The van der Waals surface area contributed by atoms with Crippen LogP contribution in [0.25, 0.3) is 0 Å². The first kappa shape index (κ1) is 15.0. The lowest BCUT2D eigenvalue weighted by Crippen LogP contribution is -2.50. The van der Waals surface area contributed by atoms with Crippen LogP contribution >= 0.6 is 0 Å². The lowest BCUT2D eigenvalue weighted by molar-refractivity contribution is -0.113. The van der Waals surface area contributed by atoms with Gasteiger partial charge in [-0.1, -0.05) is 6.92 Å². The van der Waals surface area contributed by atoms with E-state index in [9.17, 15) is 9.59 Å². The number of hydrogen-bond donors (Lipinski definition) is 1. The van der Waals surface area contributed by atoms with Crippen LogP contribution in [-0.2, 0) is 9.53 Å². The van der Waals surface area contributed by atoms with Gasteiger partial charge in [0, 0.05) is 0 Å². The first-order valence-electron chi connectivity index (χ1n) is 6.63. The van der Waals surface area contributed by atoms with E-state index >= 15 is 0 Å². The summed E-state index contributed by atoms with van der Waals surface area (Å²) < 4.78 is 5.18. The summed E-state index contributed by atoms with van der Waals surface area (Å²) in [5.74, 6) is 1.17. The molecule has 0 spiro atoms. The van der Waals surface area contributed by atoms with Gasteiger partial charge in [0.25, 0.3) is 0 Å². The van der Waals surface area contributed by atoms with Crippen molar-refractivity contribution < 1.29 is 14.3 Å². The van der Waals surface area contributed by atoms with Crippen molar-refractivity contribution in [1.82, 2.24) is 5.32 Å². The maximum atomic E-state index is 11.7. The Bertz CT molecular complexity index is 317. The van der Waals surface area contributed by atoms with Crippen LogP contribution in [0.5, 0.6) is 0 Å². The molecule has 0 aromatic rings. The molecule has 1 N–H and O–H groups in total. The number of carbonyl (C=O) groups is 2. The number of amides is 1. The van der Waals surface area contributed by atoms with Crippen LogP contribution in [-0.4, -0.2) is 23.5 Å². The largest absolute Gasteiger partial charge is 0.444 e. The molecule has 2 atom stereocenters.